The van der Waals surface area contributed by atoms with Crippen LogP contribution in [0.4, 0.5) is 5.69 Å². The predicted molar refractivity (Wildman–Crippen MR) is 81.7 cm³/mol. The normalized spacial score (nSPS) is 12.9. The molecule has 0 radical (unpaired) electrons. The van der Waals surface area contributed by atoms with Crippen LogP contribution in [0.15, 0.2) is 18.2 Å². The number of carbonyl (C=O) groups excluding carboxylic acids is 1. The number of nitrogens with one attached hydrogen (secondary N) is 2. The van der Waals surface area contributed by atoms with Crippen molar-refractivity contribution in [3.05, 3.63) is 29.3 Å². The summed E-state index contributed by atoms with van der Waals surface area (Å²) in [5.41, 5.74) is 2.96. The van der Waals surface area contributed by atoms with E-state index in [1.165, 1.54) is 0 Å². The topological polar surface area (TPSA) is 41.1 Å². The summed E-state index contributed by atoms with van der Waals surface area (Å²) in [5, 5.41) is 6.33. The molecule has 0 heterocycles. The van der Waals surface area contributed by atoms with Crippen LogP contribution in [0.2, 0.25) is 0 Å². The number of benzene rings is 1. The van der Waals surface area contributed by atoms with E-state index in [1.54, 1.807) is 0 Å². The molecular weight excluding hydrogens is 236 g/mol. The first-order valence-electron chi connectivity index (χ1n) is 6.91. The molecule has 3 heteroatoms. The van der Waals surface area contributed by atoms with Crippen molar-refractivity contribution in [1.82, 2.24) is 5.32 Å². The van der Waals surface area contributed by atoms with Gasteiger partial charge in [0.05, 0.1) is 0 Å². The van der Waals surface area contributed by atoms with Gasteiger partial charge in [0, 0.05) is 23.8 Å². The van der Waals surface area contributed by atoms with Gasteiger partial charge in [-0.15, -0.1) is 0 Å². The number of aryl methyl sites for hydroxylation is 1. The molecule has 0 bridgehead atoms. The van der Waals surface area contributed by atoms with Crippen molar-refractivity contribution in [2.75, 3.05) is 11.9 Å². The summed E-state index contributed by atoms with van der Waals surface area (Å²) in [7, 11) is 0. The molecule has 3 nitrogen and oxygen atoms in total. The zero-order valence-corrected chi connectivity index (χ0v) is 12.9. The van der Waals surface area contributed by atoms with Crippen LogP contribution < -0.4 is 10.6 Å². The first-order valence-corrected chi connectivity index (χ1v) is 6.91. The van der Waals surface area contributed by atoms with E-state index in [0.717, 1.165) is 23.4 Å². The number of amides is 1. The molecule has 0 aromatic heterocycles. The second kappa shape index (κ2) is 6.09. The number of hydrogen-bond donors (Lipinski definition) is 2. The van der Waals surface area contributed by atoms with E-state index in [4.69, 9.17) is 0 Å². The highest BCUT2D eigenvalue weighted by atomic mass is 16.1. The van der Waals surface area contributed by atoms with Crippen molar-refractivity contribution in [3.8, 4) is 0 Å². The molecule has 0 spiro atoms. The van der Waals surface area contributed by atoms with Crippen molar-refractivity contribution >= 4 is 11.6 Å². The lowest BCUT2D eigenvalue weighted by Crippen LogP contribution is -2.41. The van der Waals surface area contributed by atoms with Gasteiger partial charge in [-0.25, -0.2) is 0 Å². The quantitative estimate of drug-likeness (QED) is 0.870. The summed E-state index contributed by atoms with van der Waals surface area (Å²) < 4.78 is 0. The second-order valence-electron chi connectivity index (χ2n) is 6.12. The molecule has 0 saturated heterocycles. The van der Waals surface area contributed by atoms with Gasteiger partial charge >= 0.3 is 0 Å². The SMILES string of the molecule is CCNc1ccc(C(=O)NC(C)C(C)(C)C)cc1C. The third kappa shape index (κ3) is 4.27. The lowest BCUT2D eigenvalue weighted by molar-refractivity contribution is 0.0910. The van der Waals surface area contributed by atoms with E-state index in [0.29, 0.717) is 0 Å². The Labute approximate surface area is 116 Å². The van der Waals surface area contributed by atoms with E-state index in [9.17, 15) is 4.79 Å². The fourth-order valence-corrected chi connectivity index (χ4v) is 1.69. The molecule has 0 fully saturated rings. The molecule has 0 aliphatic rings. The van der Waals surface area contributed by atoms with Gasteiger partial charge < -0.3 is 10.6 Å². The molecular formula is C16H26N2O. The van der Waals surface area contributed by atoms with Gasteiger partial charge in [0.2, 0.25) is 0 Å². The lowest BCUT2D eigenvalue weighted by Gasteiger charge is -2.28. The molecule has 1 unspecified atom stereocenters. The summed E-state index contributed by atoms with van der Waals surface area (Å²) in [6.45, 7) is 13.4. The molecule has 0 saturated carbocycles. The van der Waals surface area contributed by atoms with Crippen LogP contribution in [0.5, 0.6) is 0 Å². The highest BCUT2D eigenvalue weighted by molar-refractivity contribution is 5.95. The third-order valence-corrected chi connectivity index (χ3v) is 3.50. The Morgan fingerprint density at radius 2 is 1.95 bits per heavy atom. The van der Waals surface area contributed by atoms with E-state index in [2.05, 4.69) is 38.3 Å². The Kier molecular flexibility index (Phi) is 4.98. The van der Waals surface area contributed by atoms with Crippen molar-refractivity contribution in [1.29, 1.82) is 0 Å². The van der Waals surface area contributed by atoms with Crippen LogP contribution in [0, 0.1) is 12.3 Å². The Morgan fingerprint density at radius 3 is 2.42 bits per heavy atom. The monoisotopic (exact) mass is 262 g/mol. The predicted octanol–water partition coefficient (Wildman–Crippen LogP) is 3.59. The van der Waals surface area contributed by atoms with Gasteiger partial charge in [-0.05, 0) is 49.9 Å². The fourth-order valence-electron chi connectivity index (χ4n) is 1.69. The Bertz CT molecular complexity index is 447. The summed E-state index contributed by atoms with van der Waals surface area (Å²) in [6.07, 6.45) is 0. The molecule has 1 aromatic rings. The molecule has 19 heavy (non-hydrogen) atoms. The minimum Gasteiger partial charge on any atom is -0.385 e. The molecule has 2 N–H and O–H groups in total. The van der Waals surface area contributed by atoms with E-state index < -0.39 is 0 Å². The van der Waals surface area contributed by atoms with Gasteiger partial charge in [-0.2, -0.15) is 0 Å². The highest BCUT2D eigenvalue weighted by Gasteiger charge is 2.22. The Balaban J connectivity index is 2.81. The molecule has 106 valence electrons. The van der Waals surface area contributed by atoms with Crippen molar-refractivity contribution in [2.45, 2.75) is 47.6 Å². The molecule has 1 atom stereocenters. The summed E-state index contributed by atoms with van der Waals surface area (Å²) in [4.78, 5) is 12.2. The molecule has 1 aromatic carbocycles. The molecule has 0 aliphatic heterocycles. The summed E-state index contributed by atoms with van der Waals surface area (Å²) in [6, 6.07) is 5.90. The Morgan fingerprint density at radius 1 is 1.32 bits per heavy atom. The van der Waals surface area contributed by atoms with E-state index >= 15 is 0 Å². The highest BCUT2D eigenvalue weighted by Crippen LogP contribution is 2.20. The van der Waals surface area contributed by atoms with Crippen LogP contribution in [-0.4, -0.2) is 18.5 Å². The summed E-state index contributed by atoms with van der Waals surface area (Å²) in [5.74, 6) is -0.00595. The van der Waals surface area contributed by atoms with Crippen LogP contribution >= 0.6 is 0 Å². The van der Waals surface area contributed by atoms with E-state index in [-0.39, 0.29) is 17.4 Å². The smallest absolute Gasteiger partial charge is 0.251 e. The van der Waals surface area contributed by atoms with Gasteiger partial charge in [0.25, 0.3) is 5.91 Å². The average molecular weight is 262 g/mol. The Hall–Kier alpha value is -1.51. The van der Waals surface area contributed by atoms with Gasteiger partial charge in [-0.1, -0.05) is 20.8 Å². The van der Waals surface area contributed by atoms with Crippen LogP contribution in [0.3, 0.4) is 0 Å². The number of rotatable bonds is 4. The van der Waals surface area contributed by atoms with Gasteiger partial charge in [0.15, 0.2) is 0 Å². The maximum Gasteiger partial charge on any atom is 0.251 e. The first kappa shape index (κ1) is 15.5. The van der Waals surface area contributed by atoms with Crippen LogP contribution in [0.25, 0.3) is 0 Å². The van der Waals surface area contributed by atoms with Crippen molar-refractivity contribution < 1.29 is 4.79 Å². The van der Waals surface area contributed by atoms with Gasteiger partial charge in [0.1, 0.15) is 0 Å². The minimum absolute atomic E-state index is 0.00595. The standard InChI is InChI=1S/C16H26N2O/c1-7-17-14-9-8-13(10-11(14)2)15(19)18-12(3)16(4,5)6/h8-10,12,17H,7H2,1-6H3,(H,18,19). The maximum atomic E-state index is 12.2. The molecule has 1 rings (SSSR count). The fraction of sp³-hybridized carbons (Fsp3) is 0.562. The first-order chi connectivity index (χ1) is 8.75. The third-order valence-electron chi connectivity index (χ3n) is 3.50. The molecule has 0 aliphatic carbocycles. The lowest BCUT2D eigenvalue weighted by atomic mass is 9.88. The van der Waals surface area contributed by atoms with Crippen LogP contribution in [-0.2, 0) is 0 Å². The average Bonchev–Trinajstić information content (AvgIpc) is 2.30. The van der Waals surface area contributed by atoms with E-state index in [1.807, 2.05) is 32.0 Å². The summed E-state index contributed by atoms with van der Waals surface area (Å²) >= 11 is 0. The second-order valence-corrected chi connectivity index (χ2v) is 6.12. The maximum absolute atomic E-state index is 12.2. The zero-order valence-electron chi connectivity index (χ0n) is 12.9. The minimum atomic E-state index is -0.00595. The van der Waals surface area contributed by atoms with Crippen molar-refractivity contribution in [2.24, 2.45) is 5.41 Å². The number of anilines is 1. The zero-order chi connectivity index (χ0) is 14.6. The van der Waals surface area contributed by atoms with Crippen LogP contribution in [0.1, 0.15) is 50.5 Å². The number of hydrogen-bond acceptors (Lipinski definition) is 2. The van der Waals surface area contributed by atoms with Gasteiger partial charge in [-0.3, -0.25) is 4.79 Å². The largest absolute Gasteiger partial charge is 0.385 e. The molecule has 1 amide bonds. The number of carbonyl (C=O) groups is 1. The van der Waals surface area contributed by atoms with Crippen molar-refractivity contribution in [3.63, 3.8) is 0 Å².